The van der Waals surface area contributed by atoms with E-state index in [1.54, 1.807) is 23.3 Å². The first kappa shape index (κ1) is 23.0. The lowest BCUT2D eigenvalue weighted by molar-refractivity contribution is -0.138. The summed E-state index contributed by atoms with van der Waals surface area (Å²) in [5, 5.41) is 6.04. The number of amides is 2. The first-order valence-electron chi connectivity index (χ1n) is 11.3. The molecule has 1 fully saturated rings. The van der Waals surface area contributed by atoms with Crippen LogP contribution < -0.4 is 10.1 Å². The fraction of sp³-hybridized carbons (Fsp3) is 0.346. The van der Waals surface area contributed by atoms with Gasteiger partial charge in [-0.15, -0.1) is 11.3 Å². The minimum absolute atomic E-state index is 0.0190. The normalized spacial score (nSPS) is 15.4. The fourth-order valence-electron chi connectivity index (χ4n) is 4.20. The van der Waals surface area contributed by atoms with Gasteiger partial charge >= 0.3 is 0 Å². The molecular formula is C26H29N3O3S. The highest BCUT2D eigenvalue weighted by molar-refractivity contribution is 7.13. The van der Waals surface area contributed by atoms with E-state index in [0.717, 1.165) is 34.0 Å². The van der Waals surface area contributed by atoms with Gasteiger partial charge in [-0.3, -0.25) is 9.59 Å². The number of methoxy groups -OCH3 is 1. The minimum atomic E-state index is -0.384. The van der Waals surface area contributed by atoms with E-state index < -0.39 is 0 Å². The van der Waals surface area contributed by atoms with Gasteiger partial charge in [0.1, 0.15) is 16.8 Å². The SMILES string of the molecule is COc1ccccc1CCC(=O)N1CCCC1C(=O)NCCc1csc(-c2ccccc2)n1. The molecule has 33 heavy (non-hydrogen) atoms. The molecule has 1 aliphatic heterocycles. The molecule has 172 valence electrons. The van der Waals surface area contributed by atoms with Crippen LogP contribution in [0.15, 0.2) is 60.0 Å². The van der Waals surface area contributed by atoms with E-state index in [0.29, 0.717) is 38.8 Å². The van der Waals surface area contributed by atoms with E-state index in [-0.39, 0.29) is 17.9 Å². The molecule has 1 aromatic heterocycles. The van der Waals surface area contributed by atoms with E-state index >= 15 is 0 Å². The highest BCUT2D eigenvalue weighted by atomic mass is 32.1. The van der Waals surface area contributed by atoms with Crippen molar-refractivity contribution in [3.63, 3.8) is 0 Å². The lowest BCUT2D eigenvalue weighted by Gasteiger charge is -2.24. The molecule has 0 saturated carbocycles. The second-order valence-corrected chi connectivity index (χ2v) is 8.97. The molecule has 1 N–H and O–H groups in total. The summed E-state index contributed by atoms with van der Waals surface area (Å²) in [6.45, 7) is 1.14. The van der Waals surface area contributed by atoms with Crippen molar-refractivity contribution in [3.05, 3.63) is 71.2 Å². The van der Waals surface area contributed by atoms with Gasteiger partial charge in [0.15, 0.2) is 0 Å². The molecular weight excluding hydrogens is 434 g/mol. The average Bonchev–Trinajstić information content (AvgIpc) is 3.53. The topological polar surface area (TPSA) is 71.5 Å². The maximum atomic E-state index is 12.9. The van der Waals surface area contributed by atoms with Crippen LogP contribution in [0, 0.1) is 0 Å². The number of carbonyl (C=O) groups is 2. The van der Waals surface area contributed by atoms with Gasteiger partial charge in [0.25, 0.3) is 0 Å². The number of thiazole rings is 1. The molecule has 4 rings (SSSR count). The molecule has 6 nitrogen and oxygen atoms in total. The molecule has 3 aromatic rings. The Balaban J connectivity index is 1.26. The molecule has 7 heteroatoms. The standard InChI is InChI=1S/C26H29N3O3S/c1-32-23-12-6-5-8-19(23)13-14-24(30)29-17-7-11-22(29)25(31)27-16-15-21-18-33-26(28-21)20-9-3-2-4-10-20/h2-6,8-10,12,18,22H,7,11,13-17H2,1H3,(H,27,31). The lowest BCUT2D eigenvalue weighted by Crippen LogP contribution is -2.46. The number of ether oxygens (including phenoxy) is 1. The van der Waals surface area contributed by atoms with E-state index in [9.17, 15) is 9.59 Å². The van der Waals surface area contributed by atoms with Gasteiger partial charge < -0.3 is 15.0 Å². The highest BCUT2D eigenvalue weighted by Gasteiger charge is 2.33. The Bertz CT molecular complexity index is 1080. The molecule has 2 aromatic carbocycles. The number of aromatic nitrogens is 1. The maximum absolute atomic E-state index is 12.9. The van der Waals surface area contributed by atoms with E-state index in [1.165, 1.54) is 0 Å². The van der Waals surface area contributed by atoms with Crippen LogP contribution in [0.2, 0.25) is 0 Å². The highest BCUT2D eigenvalue weighted by Crippen LogP contribution is 2.24. The number of carbonyl (C=O) groups excluding carboxylic acids is 2. The van der Waals surface area contributed by atoms with Gasteiger partial charge in [0.2, 0.25) is 11.8 Å². The number of likely N-dealkylation sites (tertiary alicyclic amines) is 1. The largest absolute Gasteiger partial charge is 0.496 e. The van der Waals surface area contributed by atoms with Crippen LogP contribution >= 0.6 is 11.3 Å². The van der Waals surface area contributed by atoms with Crippen molar-refractivity contribution < 1.29 is 14.3 Å². The molecule has 0 aliphatic carbocycles. The van der Waals surface area contributed by atoms with Crippen LogP contribution in [0.4, 0.5) is 0 Å². The summed E-state index contributed by atoms with van der Waals surface area (Å²) < 4.78 is 5.38. The third-order valence-corrected chi connectivity index (χ3v) is 6.87. The molecule has 2 heterocycles. The Kier molecular flexibility index (Phi) is 7.73. The molecule has 1 saturated heterocycles. The molecule has 1 unspecified atom stereocenters. The summed E-state index contributed by atoms with van der Waals surface area (Å²) in [6.07, 6.45) is 3.20. The maximum Gasteiger partial charge on any atom is 0.242 e. The van der Waals surface area contributed by atoms with Gasteiger partial charge in [-0.05, 0) is 30.9 Å². The summed E-state index contributed by atoms with van der Waals surface area (Å²) >= 11 is 1.61. The van der Waals surface area contributed by atoms with Crippen molar-refractivity contribution in [2.24, 2.45) is 0 Å². The van der Waals surface area contributed by atoms with Gasteiger partial charge in [-0.2, -0.15) is 0 Å². The van der Waals surface area contributed by atoms with Crippen molar-refractivity contribution in [1.29, 1.82) is 0 Å². The number of hydrogen-bond acceptors (Lipinski definition) is 5. The zero-order chi connectivity index (χ0) is 23.0. The fourth-order valence-corrected chi connectivity index (χ4v) is 5.06. The van der Waals surface area contributed by atoms with Crippen molar-refractivity contribution in [1.82, 2.24) is 15.2 Å². The quantitative estimate of drug-likeness (QED) is 0.519. The lowest BCUT2D eigenvalue weighted by atomic mass is 10.1. The van der Waals surface area contributed by atoms with Crippen molar-refractivity contribution in [3.8, 4) is 16.3 Å². The van der Waals surface area contributed by atoms with Gasteiger partial charge in [-0.25, -0.2) is 4.98 Å². The predicted octanol–water partition coefficient (Wildman–Crippen LogP) is 4.10. The number of nitrogens with zero attached hydrogens (tertiary/aromatic N) is 2. The zero-order valence-corrected chi connectivity index (χ0v) is 19.6. The number of hydrogen-bond donors (Lipinski definition) is 1. The van der Waals surface area contributed by atoms with Crippen LogP contribution in [0.5, 0.6) is 5.75 Å². The Morgan fingerprint density at radius 1 is 1.12 bits per heavy atom. The smallest absolute Gasteiger partial charge is 0.242 e. The van der Waals surface area contributed by atoms with Crippen molar-refractivity contribution >= 4 is 23.2 Å². The van der Waals surface area contributed by atoms with Crippen LogP contribution in [-0.4, -0.2) is 47.9 Å². The van der Waals surface area contributed by atoms with Gasteiger partial charge in [0.05, 0.1) is 12.8 Å². The Morgan fingerprint density at radius 2 is 1.91 bits per heavy atom. The van der Waals surface area contributed by atoms with Crippen molar-refractivity contribution in [2.75, 3.05) is 20.2 Å². The van der Waals surface area contributed by atoms with E-state index in [1.807, 2.05) is 60.0 Å². The van der Waals surface area contributed by atoms with Crippen LogP contribution in [0.3, 0.4) is 0 Å². The van der Waals surface area contributed by atoms with Gasteiger partial charge in [0, 0.05) is 36.9 Å². The molecule has 0 bridgehead atoms. The van der Waals surface area contributed by atoms with Crippen LogP contribution in [-0.2, 0) is 22.4 Å². The van der Waals surface area contributed by atoms with Crippen molar-refractivity contribution in [2.45, 2.75) is 38.1 Å². The number of nitrogens with one attached hydrogen (secondary N) is 1. The Morgan fingerprint density at radius 3 is 2.73 bits per heavy atom. The number of benzene rings is 2. The first-order valence-corrected chi connectivity index (χ1v) is 12.2. The molecule has 1 aliphatic rings. The number of para-hydroxylation sites is 1. The second kappa shape index (κ2) is 11.1. The third-order valence-electron chi connectivity index (χ3n) is 5.93. The van der Waals surface area contributed by atoms with Crippen LogP contribution in [0.1, 0.15) is 30.5 Å². The van der Waals surface area contributed by atoms with E-state index in [4.69, 9.17) is 4.74 Å². The Labute approximate surface area is 198 Å². The summed E-state index contributed by atoms with van der Waals surface area (Å²) in [4.78, 5) is 32.1. The first-order chi connectivity index (χ1) is 16.2. The molecule has 2 amide bonds. The summed E-state index contributed by atoms with van der Waals surface area (Å²) in [6, 6.07) is 17.4. The summed E-state index contributed by atoms with van der Waals surface area (Å²) in [5.41, 5.74) is 3.08. The van der Waals surface area contributed by atoms with Crippen LogP contribution in [0.25, 0.3) is 10.6 Å². The minimum Gasteiger partial charge on any atom is -0.496 e. The summed E-state index contributed by atoms with van der Waals surface area (Å²) in [5.74, 6) is 0.737. The summed E-state index contributed by atoms with van der Waals surface area (Å²) in [7, 11) is 1.63. The van der Waals surface area contributed by atoms with Gasteiger partial charge in [-0.1, -0.05) is 48.5 Å². The molecule has 0 spiro atoms. The average molecular weight is 464 g/mol. The predicted molar refractivity (Wildman–Crippen MR) is 130 cm³/mol. The number of rotatable bonds is 9. The zero-order valence-electron chi connectivity index (χ0n) is 18.8. The molecule has 1 atom stereocenters. The monoisotopic (exact) mass is 463 g/mol. The Hall–Kier alpha value is -3.19. The third kappa shape index (κ3) is 5.79. The second-order valence-electron chi connectivity index (χ2n) is 8.11. The number of aryl methyl sites for hydroxylation is 1. The van der Waals surface area contributed by atoms with E-state index in [2.05, 4.69) is 10.3 Å². The molecule has 0 radical (unpaired) electrons.